The third-order valence-corrected chi connectivity index (χ3v) is 4.11. The van der Waals surface area contributed by atoms with Crippen molar-refractivity contribution in [3.8, 4) is 0 Å². The van der Waals surface area contributed by atoms with Crippen LogP contribution < -0.4 is 5.32 Å². The quantitative estimate of drug-likeness (QED) is 0.786. The van der Waals surface area contributed by atoms with Gasteiger partial charge in [0, 0.05) is 24.9 Å². The second-order valence-corrected chi connectivity index (χ2v) is 7.19. The van der Waals surface area contributed by atoms with Gasteiger partial charge in [-0.1, -0.05) is 26.0 Å². The smallest absolute Gasteiger partial charge is 0.251 e. The molecular formula is C15H24N2O3S. The highest BCUT2D eigenvalue weighted by Crippen LogP contribution is 2.07. The van der Waals surface area contributed by atoms with Crippen LogP contribution in [0, 0.1) is 0 Å². The Morgan fingerprint density at radius 1 is 1.14 bits per heavy atom. The highest BCUT2D eigenvalue weighted by Gasteiger charge is 2.08. The van der Waals surface area contributed by atoms with E-state index in [1.165, 1.54) is 6.26 Å². The summed E-state index contributed by atoms with van der Waals surface area (Å²) in [6.45, 7) is 7.53. The van der Waals surface area contributed by atoms with Gasteiger partial charge < -0.3 is 10.2 Å². The van der Waals surface area contributed by atoms with Crippen molar-refractivity contribution in [1.29, 1.82) is 0 Å². The van der Waals surface area contributed by atoms with Crippen molar-refractivity contribution in [2.24, 2.45) is 0 Å². The minimum Gasteiger partial charge on any atom is -0.351 e. The maximum Gasteiger partial charge on any atom is 0.251 e. The molecule has 1 N–H and O–H groups in total. The monoisotopic (exact) mass is 312 g/mol. The Morgan fingerprint density at radius 3 is 2.19 bits per heavy atom. The van der Waals surface area contributed by atoms with Crippen LogP contribution in [0.4, 0.5) is 0 Å². The van der Waals surface area contributed by atoms with E-state index in [-0.39, 0.29) is 11.7 Å². The fourth-order valence-electron chi connectivity index (χ4n) is 2.02. The molecular weight excluding hydrogens is 288 g/mol. The molecule has 1 rings (SSSR count). The van der Waals surface area contributed by atoms with Crippen molar-refractivity contribution in [2.45, 2.75) is 19.6 Å². The first-order chi connectivity index (χ1) is 9.85. The number of carbonyl (C=O) groups excluding carboxylic acids is 1. The van der Waals surface area contributed by atoms with Crippen molar-refractivity contribution < 1.29 is 13.2 Å². The molecule has 21 heavy (non-hydrogen) atoms. The Morgan fingerprint density at radius 2 is 1.71 bits per heavy atom. The molecule has 0 aromatic heterocycles. The molecule has 0 radical (unpaired) electrons. The highest BCUT2D eigenvalue weighted by molar-refractivity contribution is 7.89. The average Bonchev–Trinajstić information content (AvgIpc) is 2.42. The van der Waals surface area contributed by atoms with E-state index >= 15 is 0 Å². The summed E-state index contributed by atoms with van der Waals surface area (Å²) in [7, 11) is -3.05. The van der Waals surface area contributed by atoms with Gasteiger partial charge in [-0.15, -0.1) is 0 Å². The molecule has 0 heterocycles. The third kappa shape index (κ3) is 6.73. The van der Waals surface area contributed by atoms with Gasteiger partial charge in [-0.05, 0) is 30.8 Å². The number of nitrogens with one attached hydrogen (secondary N) is 1. The molecule has 1 aromatic rings. The summed E-state index contributed by atoms with van der Waals surface area (Å²) in [5.41, 5.74) is 1.24. The zero-order valence-corrected chi connectivity index (χ0v) is 13.7. The number of hydrogen-bond acceptors (Lipinski definition) is 4. The standard InChI is InChI=1S/C15H24N2O3S/c1-4-17(5-2)11-10-16-15(18)14-8-6-13(7-9-14)12-21(3,19)20/h6-9H,4-5,10-12H2,1-3H3,(H,16,18). The summed E-state index contributed by atoms with van der Waals surface area (Å²) in [6.07, 6.45) is 1.20. The molecule has 1 aromatic carbocycles. The molecule has 118 valence electrons. The lowest BCUT2D eigenvalue weighted by Crippen LogP contribution is -2.34. The molecule has 0 aliphatic rings. The van der Waals surface area contributed by atoms with Crippen molar-refractivity contribution >= 4 is 15.7 Å². The molecule has 0 fully saturated rings. The zero-order valence-electron chi connectivity index (χ0n) is 12.9. The van der Waals surface area contributed by atoms with Crippen LogP contribution in [0.1, 0.15) is 29.8 Å². The molecule has 0 saturated carbocycles. The van der Waals surface area contributed by atoms with Crippen LogP contribution >= 0.6 is 0 Å². The number of hydrogen-bond donors (Lipinski definition) is 1. The molecule has 0 atom stereocenters. The van der Waals surface area contributed by atoms with Gasteiger partial charge in [0.1, 0.15) is 0 Å². The molecule has 0 aliphatic heterocycles. The van der Waals surface area contributed by atoms with E-state index in [1.807, 2.05) is 0 Å². The first-order valence-electron chi connectivity index (χ1n) is 7.13. The predicted molar refractivity (Wildman–Crippen MR) is 85.1 cm³/mol. The van der Waals surface area contributed by atoms with Gasteiger partial charge in [-0.2, -0.15) is 0 Å². The Kier molecular flexibility index (Phi) is 6.84. The summed E-state index contributed by atoms with van der Waals surface area (Å²) in [5, 5.41) is 2.87. The summed E-state index contributed by atoms with van der Waals surface area (Å²) < 4.78 is 22.4. The maximum atomic E-state index is 12.0. The van der Waals surface area contributed by atoms with E-state index < -0.39 is 9.84 Å². The minimum atomic E-state index is -3.05. The van der Waals surface area contributed by atoms with Gasteiger partial charge >= 0.3 is 0 Å². The first-order valence-corrected chi connectivity index (χ1v) is 9.19. The Labute approximate surface area is 127 Å². The summed E-state index contributed by atoms with van der Waals surface area (Å²) in [4.78, 5) is 14.2. The minimum absolute atomic E-state index is 0.00312. The van der Waals surface area contributed by atoms with Crippen LogP contribution in [-0.2, 0) is 15.6 Å². The third-order valence-electron chi connectivity index (χ3n) is 3.25. The number of sulfone groups is 1. The van der Waals surface area contributed by atoms with Gasteiger partial charge in [-0.3, -0.25) is 4.79 Å². The van der Waals surface area contributed by atoms with Crippen LogP contribution in [0.25, 0.3) is 0 Å². The Bertz CT molecular complexity index is 549. The van der Waals surface area contributed by atoms with Crippen LogP contribution in [-0.4, -0.2) is 51.7 Å². The van der Waals surface area contributed by atoms with E-state index in [2.05, 4.69) is 24.1 Å². The van der Waals surface area contributed by atoms with Gasteiger partial charge in [0.25, 0.3) is 5.91 Å². The lowest BCUT2D eigenvalue weighted by atomic mass is 10.1. The van der Waals surface area contributed by atoms with Gasteiger partial charge in [0.2, 0.25) is 0 Å². The molecule has 5 nitrogen and oxygen atoms in total. The largest absolute Gasteiger partial charge is 0.351 e. The van der Waals surface area contributed by atoms with Crippen LogP contribution in [0.5, 0.6) is 0 Å². The molecule has 0 aliphatic carbocycles. The predicted octanol–water partition coefficient (Wildman–Crippen LogP) is 1.30. The summed E-state index contributed by atoms with van der Waals surface area (Å²) in [5.74, 6) is -0.135. The number of likely N-dealkylation sites (N-methyl/N-ethyl adjacent to an activating group) is 1. The summed E-state index contributed by atoms with van der Waals surface area (Å²) >= 11 is 0. The number of amides is 1. The SMILES string of the molecule is CCN(CC)CCNC(=O)c1ccc(CS(C)(=O)=O)cc1. The fraction of sp³-hybridized carbons (Fsp3) is 0.533. The van der Waals surface area contributed by atoms with E-state index in [1.54, 1.807) is 24.3 Å². The number of rotatable bonds is 8. The van der Waals surface area contributed by atoms with Gasteiger partial charge in [0.15, 0.2) is 9.84 Å². The van der Waals surface area contributed by atoms with Crippen LogP contribution in [0.3, 0.4) is 0 Å². The molecule has 6 heteroatoms. The van der Waals surface area contributed by atoms with Crippen molar-refractivity contribution in [1.82, 2.24) is 10.2 Å². The van der Waals surface area contributed by atoms with E-state index in [4.69, 9.17) is 0 Å². The van der Waals surface area contributed by atoms with Crippen LogP contribution in [0.2, 0.25) is 0 Å². The molecule has 1 amide bonds. The van der Waals surface area contributed by atoms with Crippen molar-refractivity contribution in [3.63, 3.8) is 0 Å². The fourth-order valence-corrected chi connectivity index (χ4v) is 2.82. The molecule has 0 bridgehead atoms. The van der Waals surface area contributed by atoms with Crippen molar-refractivity contribution in [2.75, 3.05) is 32.4 Å². The van der Waals surface area contributed by atoms with Crippen LogP contribution in [0.15, 0.2) is 24.3 Å². The maximum absolute atomic E-state index is 12.0. The second-order valence-electron chi connectivity index (χ2n) is 5.05. The average molecular weight is 312 g/mol. The second kappa shape index (κ2) is 8.14. The first kappa shape index (κ1) is 17.7. The van der Waals surface area contributed by atoms with Gasteiger partial charge in [0.05, 0.1) is 5.75 Å². The highest BCUT2D eigenvalue weighted by atomic mass is 32.2. The number of carbonyl (C=O) groups is 1. The van der Waals surface area contributed by atoms with Gasteiger partial charge in [-0.25, -0.2) is 8.42 Å². The van der Waals surface area contributed by atoms with E-state index in [0.29, 0.717) is 17.7 Å². The lowest BCUT2D eigenvalue weighted by molar-refractivity contribution is 0.0949. The topological polar surface area (TPSA) is 66.5 Å². The number of nitrogens with zero attached hydrogens (tertiary/aromatic N) is 1. The Balaban J connectivity index is 2.52. The molecule has 0 unspecified atom stereocenters. The normalized spacial score (nSPS) is 11.6. The van der Waals surface area contributed by atoms with E-state index in [9.17, 15) is 13.2 Å². The Hall–Kier alpha value is -1.40. The van der Waals surface area contributed by atoms with Crippen molar-refractivity contribution in [3.05, 3.63) is 35.4 Å². The van der Waals surface area contributed by atoms with E-state index in [0.717, 1.165) is 19.6 Å². The number of benzene rings is 1. The molecule has 0 spiro atoms. The lowest BCUT2D eigenvalue weighted by Gasteiger charge is -2.17. The zero-order chi connectivity index (χ0) is 15.9. The summed E-state index contributed by atoms with van der Waals surface area (Å²) in [6, 6.07) is 6.68. The molecule has 0 saturated heterocycles.